The number of carbonyl (C=O) groups excluding carboxylic acids is 1. The first-order valence-electron chi connectivity index (χ1n) is 6.56. The number of nitrogens with two attached hydrogens (primary N) is 1. The quantitative estimate of drug-likeness (QED) is 0.883. The minimum absolute atomic E-state index is 0.000923. The molecule has 1 atom stereocenters. The summed E-state index contributed by atoms with van der Waals surface area (Å²) < 4.78 is 0. The van der Waals surface area contributed by atoms with E-state index in [0.29, 0.717) is 13.0 Å². The standard InChI is InChI=1S/C16H20N2O/c1-11-3-5-15-9-13(4-6-14(15)7-11)10-18-16(19)8-12(2)17/h3-7,9,12H,8,10,17H2,1-2H3,(H,18,19). The zero-order chi connectivity index (χ0) is 13.8. The highest BCUT2D eigenvalue weighted by Gasteiger charge is 2.04. The fraction of sp³-hybridized carbons (Fsp3) is 0.312. The van der Waals surface area contributed by atoms with E-state index in [1.165, 1.54) is 16.3 Å². The van der Waals surface area contributed by atoms with Gasteiger partial charge in [-0.15, -0.1) is 0 Å². The number of fused-ring (bicyclic) bond motifs is 1. The summed E-state index contributed by atoms with van der Waals surface area (Å²) in [7, 11) is 0. The van der Waals surface area contributed by atoms with Crippen molar-refractivity contribution in [1.82, 2.24) is 5.32 Å². The van der Waals surface area contributed by atoms with E-state index in [9.17, 15) is 4.79 Å². The van der Waals surface area contributed by atoms with Gasteiger partial charge in [-0.25, -0.2) is 0 Å². The highest BCUT2D eigenvalue weighted by atomic mass is 16.1. The number of benzene rings is 2. The lowest BCUT2D eigenvalue weighted by atomic mass is 10.0. The minimum Gasteiger partial charge on any atom is -0.352 e. The molecule has 1 unspecified atom stereocenters. The number of carbonyl (C=O) groups is 1. The molecule has 0 spiro atoms. The summed E-state index contributed by atoms with van der Waals surface area (Å²) >= 11 is 0. The molecule has 0 fully saturated rings. The average Bonchev–Trinajstić information content (AvgIpc) is 2.35. The van der Waals surface area contributed by atoms with Crippen LogP contribution in [-0.4, -0.2) is 11.9 Å². The second-order valence-electron chi connectivity index (χ2n) is 5.14. The molecule has 0 aliphatic heterocycles. The fourth-order valence-electron chi connectivity index (χ4n) is 2.09. The number of hydrogen-bond acceptors (Lipinski definition) is 2. The summed E-state index contributed by atoms with van der Waals surface area (Å²) in [4.78, 5) is 11.5. The second-order valence-corrected chi connectivity index (χ2v) is 5.14. The number of nitrogens with one attached hydrogen (secondary N) is 1. The van der Waals surface area contributed by atoms with E-state index in [1.807, 2.05) is 13.0 Å². The van der Waals surface area contributed by atoms with Crippen molar-refractivity contribution in [3.8, 4) is 0 Å². The first-order valence-corrected chi connectivity index (χ1v) is 6.56. The van der Waals surface area contributed by atoms with Crippen LogP contribution in [0.2, 0.25) is 0 Å². The van der Waals surface area contributed by atoms with Crippen molar-refractivity contribution in [1.29, 1.82) is 0 Å². The first kappa shape index (κ1) is 13.6. The van der Waals surface area contributed by atoms with E-state index in [4.69, 9.17) is 5.73 Å². The van der Waals surface area contributed by atoms with Gasteiger partial charge in [0, 0.05) is 19.0 Å². The van der Waals surface area contributed by atoms with Crippen LogP contribution in [0.5, 0.6) is 0 Å². The maximum absolute atomic E-state index is 11.5. The molecule has 19 heavy (non-hydrogen) atoms. The van der Waals surface area contributed by atoms with E-state index in [-0.39, 0.29) is 11.9 Å². The molecule has 0 saturated carbocycles. The van der Waals surface area contributed by atoms with Gasteiger partial charge in [-0.05, 0) is 36.2 Å². The van der Waals surface area contributed by atoms with Gasteiger partial charge < -0.3 is 11.1 Å². The Bertz CT molecular complexity index is 590. The van der Waals surface area contributed by atoms with Crippen molar-refractivity contribution >= 4 is 16.7 Å². The molecule has 3 heteroatoms. The third kappa shape index (κ3) is 3.80. The second kappa shape index (κ2) is 5.85. The largest absolute Gasteiger partial charge is 0.352 e. The number of amides is 1. The van der Waals surface area contributed by atoms with E-state index in [1.54, 1.807) is 0 Å². The number of aryl methyl sites for hydroxylation is 1. The molecule has 2 aromatic carbocycles. The van der Waals surface area contributed by atoms with Gasteiger partial charge in [0.15, 0.2) is 0 Å². The SMILES string of the molecule is Cc1ccc2cc(CNC(=O)CC(C)N)ccc2c1. The maximum atomic E-state index is 11.5. The van der Waals surface area contributed by atoms with Crippen molar-refractivity contribution in [2.75, 3.05) is 0 Å². The van der Waals surface area contributed by atoms with E-state index in [2.05, 4.69) is 42.6 Å². The Morgan fingerprint density at radius 3 is 2.63 bits per heavy atom. The van der Waals surface area contributed by atoms with Gasteiger partial charge in [0.05, 0.1) is 0 Å². The van der Waals surface area contributed by atoms with Crippen LogP contribution >= 0.6 is 0 Å². The van der Waals surface area contributed by atoms with Crippen molar-refractivity contribution < 1.29 is 4.79 Å². The van der Waals surface area contributed by atoms with Gasteiger partial charge >= 0.3 is 0 Å². The van der Waals surface area contributed by atoms with Gasteiger partial charge in [-0.1, -0.05) is 35.9 Å². The fourth-order valence-corrected chi connectivity index (χ4v) is 2.09. The van der Waals surface area contributed by atoms with Crippen molar-refractivity contribution in [2.45, 2.75) is 32.9 Å². The Kier molecular flexibility index (Phi) is 4.17. The first-order chi connectivity index (χ1) is 9.04. The van der Waals surface area contributed by atoms with Crippen LogP contribution in [0.4, 0.5) is 0 Å². The van der Waals surface area contributed by atoms with E-state index in [0.717, 1.165) is 5.56 Å². The van der Waals surface area contributed by atoms with Crippen molar-refractivity contribution in [3.05, 3.63) is 47.5 Å². The molecule has 3 nitrogen and oxygen atoms in total. The summed E-state index contributed by atoms with van der Waals surface area (Å²) in [6.45, 7) is 4.47. The van der Waals surface area contributed by atoms with Gasteiger partial charge in [0.1, 0.15) is 0 Å². The lowest BCUT2D eigenvalue weighted by Crippen LogP contribution is -2.29. The van der Waals surface area contributed by atoms with E-state index < -0.39 is 0 Å². The van der Waals surface area contributed by atoms with E-state index >= 15 is 0 Å². The highest BCUT2D eigenvalue weighted by Crippen LogP contribution is 2.17. The van der Waals surface area contributed by atoms with Crippen LogP contribution in [0.1, 0.15) is 24.5 Å². The van der Waals surface area contributed by atoms with Crippen LogP contribution in [-0.2, 0) is 11.3 Å². The number of hydrogen-bond donors (Lipinski definition) is 2. The van der Waals surface area contributed by atoms with Gasteiger partial charge in [-0.3, -0.25) is 4.79 Å². The third-order valence-corrected chi connectivity index (χ3v) is 3.06. The highest BCUT2D eigenvalue weighted by molar-refractivity contribution is 5.84. The summed E-state index contributed by atoms with van der Waals surface area (Å²) in [5, 5.41) is 5.31. The summed E-state index contributed by atoms with van der Waals surface area (Å²) in [5.41, 5.74) is 7.95. The predicted octanol–water partition coefficient (Wildman–Crippen LogP) is 2.50. The lowest BCUT2D eigenvalue weighted by Gasteiger charge is -2.08. The molecule has 1 amide bonds. The smallest absolute Gasteiger partial charge is 0.221 e. The van der Waals surface area contributed by atoms with Crippen LogP contribution in [0, 0.1) is 6.92 Å². The normalized spacial score (nSPS) is 12.4. The molecule has 100 valence electrons. The summed E-state index contributed by atoms with van der Waals surface area (Å²) in [6.07, 6.45) is 0.368. The molecule has 0 bridgehead atoms. The van der Waals surface area contributed by atoms with Gasteiger partial charge in [0.2, 0.25) is 5.91 Å². The summed E-state index contributed by atoms with van der Waals surface area (Å²) in [5.74, 6) is -0.000923. The molecule has 3 N–H and O–H groups in total. The Morgan fingerprint density at radius 2 is 1.89 bits per heavy atom. The van der Waals surface area contributed by atoms with Crippen molar-refractivity contribution in [2.24, 2.45) is 5.73 Å². The molecule has 2 rings (SSSR count). The Balaban J connectivity index is 2.05. The van der Waals surface area contributed by atoms with Crippen LogP contribution in [0.25, 0.3) is 10.8 Å². The molecule has 0 saturated heterocycles. The minimum atomic E-state index is -0.0976. The summed E-state index contributed by atoms with van der Waals surface area (Å²) in [6, 6.07) is 12.5. The number of rotatable bonds is 4. The topological polar surface area (TPSA) is 55.1 Å². The molecular formula is C16H20N2O. The van der Waals surface area contributed by atoms with Crippen LogP contribution < -0.4 is 11.1 Å². The third-order valence-electron chi connectivity index (χ3n) is 3.06. The van der Waals surface area contributed by atoms with Gasteiger partial charge in [-0.2, -0.15) is 0 Å². The predicted molar refractivity (Wildman–Crippen MR) is 78.8 cm³/mol. The molecule has 0 heterocycles. The van der Waals surface area contributed by atoms with Crippen molar-refractivity contribution in [3.63, 3.8) is 0 Å². The lowest BCUT2D eigenvalue weighted by molar-refractivity contribution is -0.121. The monoisotopic (exact) mass is 256 g/mol. The Labute approximate surface area is 113 Å². The zero-order valence-corrected chi connectivity index (χ0v) is 11.4. The molecule has 0 radical (unpaired) electrons. The van der Waals surface area contributed by atoms with Gasteiger partial charge in [0.25, 0.3) is 0 Å². The van der Waals surface area contributed by atoms with Crippen LogP contribution in [0.3, 0.4) is 0 Å². The average molecular weight is 256 g/mol. The molecular weight excluding hydrogens is 236 g/mol. The zero-order valence-electron chi connectivity index (χ0n) is 11.4. The molecule has 0 aliphatic carbocycles. The Morgan fingerprint density at radius 1 is 1.21 bits per heavy atom. The van der Waals surface area contributed by atoms with Crippen LogP contribution in [0.15, 0.2) is 36.4 Å². The maximum Gasteiger partial charge on any atom is 0.221 e. The molecule has 2 aromatic rings. The molecule has 0 aliphatic rings. The Hall–Kier alpha value is -1.87. The molecule has 0 aromatic heterocycles.